The summed E-state index contributed by atoms with van der Waals surface area (Å²) in [4.78, 5) is 5.66. The Morgan fingerprint density at radius 3 is 2.69 bits per heavy atom. The van der Waals surface area contributed by atoms with Crippen molar-refractivity contribution >= 4 is 11.3 Å². The van der Waals surface area contributed by atoms with E-state index in [1.807, 2.05) is 5.51 Å². The number of aromatic nitrogens is 1. The van der Waals surface area contributed by atoms with E-state index in [9.17, 15) is 0 Å². The van der Waals surface area contributed by atoms with E-state index in [1.54, 1.807) is 11.3 Å². The molecule has 0 amide bonds. The van der Waals surface area contributed by atoms with Crippen molar-refractivity contribution in [3.63, 3.8) is 0 Å². The van der Waals surface area contributed by atoms with Crippen molar-refractivity contribution in [1.29, 1.82) is 0 Å². The molecule has 1 heterocycles. The van der Waals surface area contributed by atoms with E-state index in [2.05, 4.69) is 38.0 Å². The molecule has 2 unspecified atom stereocenters. The smallest absolute Gasteiger partial charge is 0.0798 e. The minimum Gasteiger partial charge on any atom is -0.309 e. The van der Waals surface area contributed by atoms with Gasteiger partial charge in [-0.2, -0.15) is 0 Å². The summed E-state index contributed by atoms with van der Waals surface area (Å²) in [5.74, 6) is 0.767. The lowest BCUT2D eigenvalue weighted by Gasteiger charge is -2.23. The van der Waals surface area contributed by atoms with E-state index in [1.165, 1.54) is 29.8 Å². The van der Waals surface area contributed by atoms with Gasteiger partial charge >= 0.3 is 0 Å². The summed E-state index contributed by atoms with van der Waals surface area (Å²) in [6.45, 7) is 9.94. The highest BCUT2D eigenvalue weighted by Crippen LogP contribution is 2.16. The zero-order valence-corrected chi connectivity index (χ0v) is 11.7. The molecule has 0 spiro atoms. The fourth-order valence-corrected chi connectivity index (χ4v) is 2.85. The maximum atomic E-state index is 4.28. The minimum atomic E-state index is 0.640. The van der Waals surface area contributed by atoms with Gasteiger partial charge in [0.05, 0.1) is 11.2 Å². The Bertz CT molecular complexity index is 296. The van der Waals surface area contributed by atoms with Crippen LogP contribution in [-0.2, 0) is 6.54 Å². The van der Waals surface area contributed by atoms with Gasteiger partial charge in [0.2, 0.25) is 0 Å². The molecule has 1 N–H and O–H groups in total. The summed E-state index contributed by atoms with van der Waals surface area (Å²) in [5, 5.41) is 3.67. The molecule has 1 aromatic rings. The maximum Gasteiger partial charge on any atom is 0.0798 e. The number of nitrogens with zero attached hydrogens (tertiary/aromatic N) is 1. The molecule has 0 aliphatic rings. The Morgan fingerprint density at radius 2 is 2.19 bits per heavy atom. The zero-order chi connectivity index (χ0) is 12.0. The molecule has 0 bridgehead atoms. The summed E-state index contributed by atoms with van der Waals surface area (Å²) >= 11 is 1.75. The number of rotatable bonds is 7. The van der Waals surface area contributed by atoms with Crippen LogP contribution in [0.4, 0.5) is 0 Å². The van der Waals surface area contributed by atoms with Crippen molar-refractivity contribution < 1.29 is 0 Å². The second-order valence-electron chi connectivity index (χ2n) is 4.52. The average molecular weight is 240 g/mol. The third-order valence-corrected chi connectivity index (χ3v) is 4.18. The standard InChI is InChI=1S/C13H24N2S/c1-5-7-10(3)12(6-2)14-8-13-11(4)15-9-16-13/h9-10,12,14H,5-8H2,1-4H3. The molecule has 1 rings (SSSR count). The Hall–Kier alpha value is -0.410. The number of hydrogen-bond donors (Lipinski definition) is 1. The van der Waals surface area contributed by atoms with Crippen LogP contribution in [-0.4, -0.2) is 11.0 Å². The highest BCUT2D eigenvalue weighted by molar-refractivity contribution is 7.09. The molecule has 2 nitrogen and oxygen atoms in total. The minimum absolute atomic E-state index is 0.640. The Morgan fingerprint density at radius 1 is 1.44 bits per heavy atom. The number of aryl methyl sites for hydroxylation is 1. The van der Waals surface area contributed by atoms with Crippen LogP contribution < -0.4 is 5.32 Å². The van der Waals surface area contributed by atoms with Crippen LogP contribution in [0.1, 0.15) is 50.6 Å². The Labute approximate surface area is 103 Å². The topological polar surface area (TPSA) is 24.9 Å². The van der Waals surface area contributed by atoms with Crippen LogP contribution >= 0.6 is 11.3 Å². The van der Waals surface area contributed by atoms with E-state index in [0.717, 1.165) is 12.5 Å². The van der Waals surface area contributed by atoms with Gasteiger partial charge in [-0.15, -0.1) is 11.3 Å². The van der Waals surface area contributed by atoms with Gasteiger partial charge in [-0.1, -0.05) is 27.2 Å². The Kier molecular flexibility index (Phi) is 5.99. The van der Waals surface area contributed by atoms with Gasteiger partial charge in [0, 0.05) is 17.5 Å². The molecule has 0 saturated heterocycles. The van der Waals surface area contributed by atoms with Crippen molar-refractivity contribution in [2.24, 2.45) is 5.92 Å². The molecule has 0 fully saturated rings. The summed E-state index contributed by atoms with van der Waals surface area (Å²) in [6.07, 6.45) is 3.80. The summed E-state index contributed by atoms with van der Waals surface area (Å²) in [5.41, 5.74) is 3.11. The van der Waals surface area contributed by atoms with E-state index >= 15 is 0 Å². The van der Waals surface area contributed by atoms with Crippen molar-refractivity contribution in [1.82, 2.24) is 10.3 Å². The molecule has 1 aromatic heterocycles. The fourth-order valence-electron chi connectivity index (χ4n) is 2.12. The van der Waals surface area contributed by atoms with Gasteiger partial charge in [0.25, 0.3) is 0 Å². The summed E-state index contributed by atoms with van der Waals surface area (Å²) in [6, 6.07) is 0.640. The second-order valence-corrected chi connectivity index (χ2v) is 5.46. The van der Waals surface area contributed by atoms with Crippen molar-refractivity contribution in [2.45, 2.75) is 59.5 Å². The van der Waals surface area contributed by atoms with Gasteiger partial charge in [-0.25, -0.2) is 4.98 Å². The summed E-state index contributed by atoms with van der Waals surface area (Å²) in [7, 11) is 0. The SMILES string of the molecule is CCCC(C)C(CC)NCc1scnc1C. The molecule has 0 radical (unpaired) electrons. The van der Waals surface area contributed by atoms with E-state index in [0.29, 0.717) is 6.04 Å². The normalized spacial score (nSPS) is 15.0. The largest absolute Gasteiger partial charge is 0.309 e. The molecule has 16 heavy (non-hydrogen) atoms. The average Bonchev–Trinajstić information content (AvgIpc) is 2.66. The van der Waals surface area contributed by atoms with E-state index in [4.69, 9.17) is 0 Å². The highest BCUT2D eigenvalue weighted by Gasteiger charge is 2.14. The van der Waals surface area contributed by atoms with E-state index < -0.39 is 0 Å². The Balaban J connectivity index is 2.42. The zero-order valence-electron chi connectivity index (χ0n) is 10.9. The first-order chi connectivity index (χ1) is 7.69. The predicted molar refractivity (Wildman–Crippen MR) is 71.8 cm³/mol. The van der Waals surface area contributed by atoms with Gasteiger partial charge in [0.15, 0.2) is 0 Å². The summed E-state index contributed by atoms with van der Waals surface area (Å²) < 4.78 is 0. The molecule has 2 atom stereocenters. The third kappa shape index (κ3) is 3.87. The predicted octanol–water partition coefficient (Wildman–Crippen LogP) is 3.76. The van der Waals surface area contributed by atoms with Crippen molar-refractivity contribution in [3.8, 4) is 0 Å². The second kappa shape index (κ2) is 7.02. The molecular formula is C13H24N2S. The van der Waals surface area contributed by atoms with Crippen LogP contribution in [0.25, 0.3) is 0 Å². The lowest BCUT2D eigenvalue weighted by molar-refractivity contribution is 0.345. The van der Waals surface area contributed by atoms with Crippen LogP contribution in [0.5, 0.6) is 0 Å². The molecule has 0 aromatic carbocycles. The van der Waals surface area contributed by atoms with Crippen LogP contribution in [0.3, 0.4) is 0 Å². The quantitative estimate of drug-likeness (QED) is 0.785. The van der Waals surface area contributed by atoms with Crippen molar-refractivity contribution in [2.75, 3.05) is 0 Å². The van der Waals surface area contributed by atoms with Crippen LogP contribution in [0, 0.1) is 12.8 Å². The van der Waals surface area contributed by atoms with E-state index in [-0.39, 0.29) is 0 Å². The third-order valence-electron chi connectivity index (χ3n) is 3.24. The number of nitrogens with one attached hydrogen (secondary N) is 1. The van der Waals surface area contributed by atoms with Crippen molar-refractivity contribution in [3.05, 3.63) is 16.1 Å². The molecule has 92 valence electrons. The van der Waals surface area contributed by atoms with Gasteiger partial charge in [0.1, 0.15) is 0 Å². The molecule has 0 aliphatic carbocycles. The molecule has 0 aliphatic heterocycles. The first-order valence-electron chi connectivity index (χ1n) is 6.31. The lowest BCUT2D eigenvalue weighted by Crippen LogP contribution is -2.33. The van der Waals surface area contributed by atoms with Gasteiger partial charge in [-0.3, -0.25) is 0 Å². The molecular weight excluding hydrogens is 216 g/mol. The maximum absolute atomic E-state index is 4.28. The first kappa shape index (κ1) is 13.7. The molecule has 3 heteroatoms. The van der Waals surface area contributed by atoms with Crippen LogP contribution in [0.15, 0.2) is 5.51 Å². The lowest BCUT2D eigenvalue weighted by atomic mass is 9.95. The van der Waals surface area contributed by atoms with Crippen LogP contribution in [0.2, 0.25) is 0 Å². The number of hydrogen-bond acceptors (Lipinski definition) is 3. The molecule has 0 saturated carbocycles. The first-order valence-corrected chi connectivity index (χ1v) is 7.19. The van der Waals surface area contributed by atoms with Gasteiger partial charge < -0.3 is 5.32 Å². The fraction of sp³-hybridized carbons (Fsp3) is 0.769. The van der Waals surface area contributed by atoms with Gasteiger partial charge in [-0.05, 0) is 25.7 Å². The monoisotopic (exact) mass is 240 g/mol. The highest BCUT2D eigenvalue weighted by atomic mass is 32.1. The number of thiazole rings is 1.